The van der Waals surface area contributed by atoms with Gasteiger partial charge in [-0.2, -0.15) is 0 Å². The fourth-order valence-electron chi connectivity index (χ4n) is 2.71. The summed E-state index contributed by atoms with van der Waals surface area (Å²) in [7, 11) is -2.84. The van der Waals surface area contributed by atoms with Crippen LogP contribution in [0.2, 0.25) is 0 Å². The highest BCUT2D eigenvalue weighted by Gasteiger charge is 2.34. The number of piperazine rings is 1. The van der Waals surface area contributed by atoms with Gasteiger partial charge in [-0.15, -0.1) is 0 Å². The molecule has 2 saturated heterocycles. The first-order valence-corrected chi connectivity index (χ1v) is 8.12. The molecule has 18 heavy (non-hydrogen) atoms. The average Bonchev–Trinajstić information content (AvgIpc) is 2.69. The van der Waals surface area contributed by atoms with Crippen molar-refractivity contribution in [2.75, 3.05) is 37.7 Å². The van der Waals surface area contributed by atoms with Crippen molar-refractivity contribution in [1.29, 1.82) is 0 Å². The zero-order valence-electron chi connectivity index (χ0n) is 10.6. The molecule has 1 N–H and O–H groups in total. The van der Waals surface area contributed by atoms with E-state index in [2.05, 4.69) is 4.90 Å². The molecule has 0 saturated carbocycles. The van der Waals surface area contributed by atoms with E-state index in [1.807, 2.05) is 4.90 Å². The molecule has 0 aromatic rings. The highest BCUT2D eigenvalue weighted by atomic mass is 32.2. The second-order valence-corrected chi connectivity index (χ2v) is 7.37. The molecule has 0 radical (unpaired) electrons. The third kappa shape index (κ3) is 3.02. The van der Waals surface area contributed by atoms with E-state index in [9.17, 15) is 13.2 Å². The van der Waals surface area contributed by atoms with Crippen LogP contribution in [0.25, 0.3) is 0 Å². The van der Waals surface area contributed by atoms with Crippen molar-refractivity contribution in [2.45, 2.75) is 25.4 Å². The molecule has 0 bridgehead atoms. The average molecular weight is 276 g/mol. The SMILES string of the molecule is CC(C(=O)O)N1CCN(C2CCS(=O)(=O)C2)CC1. The Labute approximate surface area is 107 Å². The van der Waals surface area contributed by atoms with Crippen molar-refractivity contribution in [3.63, 3.8) is 0 Å². The molecular formula is C11H20N2O4S. The smallest absolute Gasteiger partial charge is 0.320 e. The Balaban J connectivity index is 1.86. The van der Waals surface area contributed by atoms with Crippen LogP contribution >= 0.6 is 0 Å². The number of rotatable bonds is 3. The summed E-state index contributed by atoms with van der Waals surface area (Å²) in [6, 6.07) is -0.322. The minimum atomic E-state index is -2.84. The van der Waals surface area contributed by atoms with Crippen LogP contribution in [0.15, 0.2) is 0 Å². The first kappa shape index (κ1) is 13.8. The van der Waals surface area contributed by atoms with Crippen molar-refractivity contribution in [3.8, 4) is 0 Å². The van der Waals surface area contributed by atoms with Crippen LogP contribution in [-0.4, -0.2) is 79.1 Å². The summed E-state index contributed by atoms with van der Waals surface area (Å²) < 4.78 is 22.9. The van der Waals surface area contributed by atoms with Gasteiger partial charge in [0.15, 0.2) is 9.84 Å². The molecule has 2 rings (SSSR count). The lowest BCUT2D eigenvalue weighted by molar-refractivity contribution is -0.143. The molecule has 0 spiro atoms. The molecule has 0 amide bonds. The maximum Gasteiger partial charge on any atom is 0.320 e. The van der Waals surface area contributed by atoms with Crippen LogP contribution in [0, 0.1) is 0 Å². The fraction of sp³-hybridized carbons (Fsp3) is 0.909. The van der Waals surface area contributed by atoms with Gasteiger partial charge in [-0.1, -0.05) is 0 Å². The molecule has 0 aliphatic carbocycles. The summed E-state index contributed by atoms with van der Waals surface area (Å²) in [5.41, 5.74) is 0. The van der Waals surface area contributed by atoms with E-state index < -0.39 is 21.8 Å². The second-order valence-electron chi connectivity index (χ2n) is 5.14. The van der Waals surface area contributed by atoms with Crippen molar-refractivity contribution in [1.82, 2.24) is 9.80 Å². The van der Waals surface area contributed by atoms with E-state index in [1.54, 1.807) is 6.92 Å². The Morgan fingerprint density at radius 3 is 2.33 bits per heavy atom. The second kappa shape index (κ2) is 5.14. The summed E-state index contributed by atoms with van der Waals surface area (Å²) in [6.07, 6.45) is 0.719. The van der Waals surface area contributed by atoms with Crippen molar-refractivity contribution in [3.05, 3.63) is 0 Å². The molecule has 2 unspecified atom stereocenters. The Hall–Kier alpha value is -0.660. The number of carbonyl (C=O) groups is 1. The van der Waals surface area contributed by atoms with Crippen LogP contribution in [0.1, 0.15) is 13.3 Å². The Kier molecular flexibility index (Phi) is 3.93. The monoisotopic (exact) mass is 276 g/mol. The standard InChI is InChI=1S/C11H20N2O4S/c1-9(11(14)15)12-3-5-13(6-4-12)10-2-7-18(16,17)8-10/h9-10H,2-8H2,1H3,(H,14,15). The maximum absolute atomic E-state index is 11.4. The molecule has 104 valence electrons. The first-order valence-electron chi connectivity index (χ1n) is 6.30. The minimum absolute atomic E-state index is 0.136. The Morgan fingerprint density at radius 1 is 1.28 bits per heavy atom. The van der Waals surface area contributed by atoms with E-state index in [0.29, 0.717) is 18.8 Å². The predicted octanol–water partition coefficient (Wildman–Crippen LogP) is -0.736. The molecule has 0 aromatic carbocycles. The number of hydrogen-bond acceptors (Lipinski definition) is 5. The third-order valence-electron chi connectivity index (χ3n) is 3.98. The molecule has 2 aliphatic rings. The van der Waals surface area contributed by atoms with Gasteiger partial charge in [-0.05, 0) is 13.3 Å². The van der Waals surface area contributed by atoms with Crippen molar-refractivity contribution >= 4 is 15.8 Å². The van der Waals surface area contributed by atoms with Gasteiger partial charge in [0, 0.05) is 32.2 Å². The van der Waals surface area contributed by atoms with E-state index in [4.69, 9.17) is 5.11 Å². The molecule has 6 nitrogen and oxygen atoms in total. The Bertz CT molecular complexity index is 415. The van der Waals surface area contributed by atoms with E-state index >= 15 is 0 Å². The van der Waals surface area contributed by atoms with Gasteiger partial charge < -0.3 is 5.11 Å². The van der Waals surface area contributed by atoms with E-state index in [1.165, 1.54) is 0 Å². The highest BCUT2D eigenvalue weighted by molar-refractivity contribution is 7.91. The van der Waals surface area contributed by atoms with Crippen LogP contribution in [-0.2, 0) is 14.6 Å². The number of hydrogen-bond donors (Lipinski definition) is 1. The molecular weight excluding hydrogens is 256 g/mol. The summed E-state index contributed by atoms with van der Waals surface area (Å²) in [6.45, 7) is 4.61. The van der Waals surface area contributed by atoms with Gasteiger partial charge >= 0.3 is 5.97 Å². The molecule has 0 aromatic heterocycles. The van der Waals surface area contributed by atoms with Gasteiger partial charge in [0.1, 0.15) is 6.04 Å². The Morgan fingerprint density at radius 2 is 1.89 bits per heavy atom. The molecule has 7 heteroatoms. The van der Waals surface area contributed by atoms with Crippen molar-refractivity contribution in [2.24, 2.45) is 0 Å². The summed E-state index contributed by atoms with van der Waals surface area (Å²) in [4.78, 5) is 15.0. The van der Waals surface area contributed by atoms with Crippen LogP contribution in [0.5, 0.6) is 0 Å². The van der Waals surface area contributed by atoms with Gasteiger partial charge in [0.2, 0.25) is 0 Å². The van der Waals surface area contributed by atoms with Gasteiger partial charge in [-0.25, -0.2) is 8.42 Å². The maximum atomic E-state index is 11.4. The van der Waals surface area contributed by atoms with Crippen LogP contribution in [0.3, 0.4) is 0 Å². The quantitative estimate of drug-likeness (QED) is 0.732. The zero-order chi connectivity index (χ0) is 13.3. The lowest BCUT2D eigenvalue weighted by Crippen LogP contribution is -2.54. The predicted molar refractivity (Wildman–Crippen MR) is 67.3 cm³/mol. The zero-order valence-corrected chi connectivity index (χ0v) is 11.4. The lowest BCUT2D eigenvalue weighted by atomic mass is 10.1. The number of carboxylic acid groups (broad SMARTS) is 1. The first-order chi connectivity index (χ1) is 8.39. The van der Waals surface area contributed by atoms with Crippen LogP contribution in [0.4, 0.5) is 0 Å². The molecule has 2 atom stereocenters. The van der Waals surface area contributed by atoms with Gasteiger partial charge in [0.05, 0.1) is 11.5 Å². The fourth-order valence-corrected chi connectivity index (χ4v) is 4.47. The third-order valence-corrected chi connectivity index (χ3v) is 5.73. The minimum Gasteiger partial charge on any atom is -0.480 e. The topological polar surface area (TPSA) is 77.9 Å². The summed E-state index contributed by atoms with van der Waals surface area (Å²) in [5.74, 6) is -0.239. The molecule has 2 fully saturated rings. The largest absolute Gasteiger partial charge is 0.480 e. The highest BCUT2D eigenvalue weighted by Crippen LogP contribution is 2.19. The lowest BCUT2D eigenvalue weighted by Gasteiger charge is -2.39. The van der Waals surface area contributed by atoms with Crippen molar-refractivity contribution < 1.29 is 18.3 Å². The molecule has 2 heterocycles. The number of nitrogens with zero attached hydrogens (tertiary/aromatic N) is 2. The number of sulfone groups is 1. The van der Waals surface area contributed by atoms with Crippen LogP contribution < -0.4 is 0 Å². The van der Waals surface area contributed by atoms with Gasteiger partial charge in [0.25, 0.3) is 0 Å². The van der Waals surface area contributed by atoms with Gasteiger partial charge in [-0.3, -0.25) is 14.6 Å². The molecule has 2 aliphatic heterocycles. The van der Waals surface area contributed by atoms with E-state index in [0.717, 1.165) is 19.5 Å². The normalized spacial score (nSPS) is 31.3. The summed E-state index contributed by atoms with van der Waals surface area (Å²) in [5, 5.41) is 8.95. The summed E-state index contributed by atoms with van der Waals surface area (Å²) >= 11 is 0. The van der Waals surface area contributed by atoms with E-state index in [-0.39, 0.29) is 11.8 Å². The number of carboxylic acids is 1. The number of aliphatic carboxylic acids is 1.